The molecule has 6 heteroatoms. The molecule has 2 N–H and O–H groups in total. The largest absolute Gasteiger partial charge is 0.497 e. The summed E-state index contributed by atoms with van der Waals surface area (Å²) in [5.74, 6) is 0.479. The summed E-state index contributed by atoms with van der Waals surface area (Å²) in [7, 11) is 1.64. The van der Waals surface area contributed by atoms with Gasteiger partial charge in [0.05, 0.1) is 12.5 Å². The number of fused-ring (bicyclic) bond motifs is 1. The van der Waals surface area contributed by atoms with Gasteiger partial charge < -0.3 is 9.64 Å². The highest BCUT2D eigenvalue weighted by Gasteiger charge is 2.48. The molecule has 0 saturated carbocycles. The van der Waals surface area contributed by atoms with E-state index in [9.17, 15) is 9.59 Å². The fraction of sp³-hybridized carbons (Fsp3) is 0.364. The van der Waals surface area contributed by atoms with E-state index in [2.05, 4.69) is 0 Å². The molecular formula is C22H24N2O4. The Morgan fingerprint density at radius 2 is 1.96 bits per heavy atom. The standard InChI is InChI=1S/C22H24N2O4/c1-28-19-6-2-15(3-7-19)14-24-11-10-22(21(24)26)9-8-16-4-5-17(20(25)23-27)12-18(16)13-22/h2-7,12,27H,8-11,13-14H2,1H3,(H,23,25)/t22-/m0/s1. The zero-order valence-electron chi connectivity index (χ0n) is 15.9. The van der Waals surface area contributed by atoms with Crippen LogP contribution in [-0.4, -0.2) is 35.6 Å². The second-order valence-electron chi connectivity index (χ2n) is 7.71. The van der Waals surface area contributed by atoms with Crippen molar-refractivity contribution < 1.29 is 19.5 Å². The summed E-state index contributed by atoms with van der Waals surface area (Å²) in [5, 5.41) is 8.88. The smallest absolute Gasteiger partial charge is 0.274 e. The zero-order chi connectivity index (χ0) is 19.7. The highest BCUT2D eigenvalue weighted by atomic mass is 16.5. The third-order valence-corrected chi connectivity index (χ3v) is 6.11. The van der Waals surface area contributed by atoms with Crippen molar-refractivity contribution in [2.45, 2.75) is 32.2 Å². The Hall–Kier alpha value is -2.86. The number of amides is 2. The molecule has 2 aromatic rings. The van der Waals surface area contributed by atoms with Crippen molar-refractivity contribution in [3.63, 3.8) is 0 Å². The monoisotopic (exact) mass is 380 g/mol. The molecule has 1 aliphatic carbocycles. The molecule has 2 aliphatic rings. The van der Waals surface area contributed by atoms with Gasteiger partial charge >= 0.3 is 0 Å². The first kappa shape index (κ1) is 18.5. The van der Waals surface area contributed by atoms with E-state index >= 15 is 0 Å². The summed E-state index contributed by atoms with van der Waals surface area (Å²) < 4.78 is 5.19. The van der Waals surface area contributed by atoms with E-state index in [0.29, 0.717) is 18.5 Å². The Morgan fingerprint density at radius 1 is 1.18 bits per heavy atom. The Bertz CT molecular complexity index is 909. The normalized spacial score (nSPS) is 20.9. The van der Waals surface area contributed by atoms with Crippen LogP contribution in [0.3, 0.4) is 0 Å². The van der Waals surface area contributed by atoms with Gasteiger partial charge in [-0.15, -0.1) is 0 Å². The van der Waals surface area contributed by atoms with Crippen molar-refractivity contribution in [1.29, 1.82) is 0 Å². The average molecular weight is 380 g/mol. The second-order valence-corrected chi connectivity index (χ2v) is 7.71. The lowest BCUT2D eigenvalue weighted by Crippen LogP contribution is -2.38. The predicted molar refractivity (Wildman–Crippen MR) is 103 cm³/mol. The number of rotatable bonds is 4. The maximum absolute atomic E-state index is 13.3. The summed E-state index contributed by atoms with van der Waals surface area (Å²) in [4.78, 5) is 27.0. The van der Waals surface area contributed by atoms with Gasteiger partial charge in [0.25, 0.3) is 5.91 Å². The van der Waals surface area contributed by atoms with E-state index in [1.54, 1.807) is 24.7 Å². The summed E-state index contributed by atoms with van der Waals surface area (Å²) in [6, 6.07) is 13.3. The number of hydrogen-bond acceptors (Lipinski definition) is 4. The van der Waals surface area contributed by atoms with Crippen LogP contribution in [0.1, 0.15) is 39.9 Å². The minimum Gasteiger partial charge on any atom is -0.497 e. The van der Waals surface area contributed by atoms with Crippen molar-refractivity contribution in [2.24, 2.45) is 5.41 Å². The lowest BCUT2D eigenvalue weighted by molar-refractivity contribution is -0.137. The number of nitrogens with one attached hydrogen (secondary N) is 1. The number of carbonyl (C=O) groups excluding carboxylic acids is 2. The number of aryl methyl sites for hydroxylation is 1. The Labute approximate surface area is 164 Å². The molecule has 2 aromatic carbocycles. The van der Waals surface area contributed by atoms with Crippen LogP contribution >= 0.6 is 0 Å². The van der Waals surface area contributed by atoms with Crippen LogP contribution in [0.25, 0.3) is 0 Å². The number of hydroxylamine groups is 1. The maximum Gasteiger partial charge on any atom is 0.274 e. The average Bonchev–Trinajstić information content (AvgIpc) is 3.02. The number of nitrogens with zero attached hydrogens (tertiary/aromatic N) is 1. The molecule has 6 nitrogen and oxygen atoms in total. The van der Waals surface area contributed by atoms with E-state index in [1.165, 1.54) is 5.56 Å². The highest BCUT2D eigenvalue weighted by Crippen LogP contribution is 2.44. The first-order chi connectivity index (χ1) is 13.5. The minimum atomic E-state index is -0.527. The first-order valence-corrected chi connectivity index (χ1v) is 9.53. The second kappa shape index (κ2) is 7.28. The molecule has 146 valence electrons. The van der Waals surface area contributed by atoms with Crippen LogP contribution in [0.4, 0.5) is 0 Å². The number of carbonyl (C=O) groups is 2. The third-order valence-electron chi connectivity index (χ3n) is 6.11. The molecule has 1 atom stereocenters. The van der Waals surface area contributed by atoms with E-state index in [1.807, 2.05) is 35.2 Å². The van der Waals surface area contributed by atoms with Gasteiger partial charge in [0.2, 0.25) is 5.91 Å². The van der Waals surface area contributed by atoms with E-state index < -0.39 is 5.91 Å². The van der Waals surface area contributed by atoms with Crippen LogP contribution in [0, 0.1) is 5.41 Å². The van der Waals surface area contributed by atoms with Gasteiger partial charge in [-0.2, -0.15) is 0 Å². The topological polar surface area (TPSA) is 78.9 Å². The van der Waals surface area contributed by atoms with Gasteiger partial charge in [-0.25, -0.2) is 5.48 Å². The third kappa shape index (κ3) is 3.24. The van der Waals surface area contributed by atoms with Gasteiger partial charge in [0.1, 0.15) is 5.75 Å². The molecule has 1 heterocycles. The fourth-order valence-electron chi connectivity index (χ4n) is 4.46. The molecular weight excluding hydrogens is 356 g/mol. The van der Waals surface area contributed by atoms with Gasteiger partial charge in [0.15, 0.2) is 0 Å². The molecule has 28 heavy (non-hydrogen) atoms. The summed E-state index contributed by atoms with van der Waals surface area (Å²) in [6.45, 7) is 1.35. The molecule has 0 unspecified atom stereocenters. The van der Waals surface area contributed by atoms with Crippen LogP contribution < -0.4 is 10.2 Å². The van der Waals surface area contributed by atoms with Crippen molar-refractivity contribution in [3.8, 4) is 5.75 Å². The predicted octanol–water partition coefficient (Wildman–Crippen LogP) is 2.72. The molecule has 0 radical (unpaired) electrons. The van der Waals surface area contributed by atoms with Gasteiger partial charge in [-0.3, -0.25) is 14.8 Å². The van der Waals surface area contributed by atoms with Crippen molar-refractivity contribution >= 4 is 11.8 Å². The van der Waals surface area contributed by atoms with Crippen molar-refractivity contribution in [3.05, 3.63) is 64.7 Å². The number of ether oxygens (including phenoxy) is 1. The van der Waals surface area contributed by atoms with E-state index in [4.69, 9.17) is 9.94 Å². The Kier molecular flexibility index (Phi) is 4.81. The zero-order valence-corrected chi connectivity index (χ0v) is 15.9. The molecule has 1 spiro atoms. The fourth-order valence-corrected chi connectivity index (χ4v) is 4.46. The molecule has 4 rings (SSSR count). The van der Waals surface area contributed by atoms with E-state index in [-0.39, 0.29) is 11.3 Å². The van der Waals surface area contributed by atoms with Gasteiger partial charge in [0, 0.05) is 18.7 Å². The first-order valence-electron chi connectivity index (χ1n) is 9.53. The SMILES string of the molecule is COc1ccc(CN2CC[C@]3(CCc4ccc(C(=O)NO)cc4C3)C2=O)cc1. The van der Waals surface area contributed by atoms with Crippen LogP contribution in [-0.2, 0) is 24.2 Å². The molecule has 1 saturated heterocycles. The van der Waals surface area contributed by atoms with Crippen LogP contribution in [0.5, 0.6) is 5.75 Å². The lowest BCUT2D eigenvalue weighted by Gasteiger charge is -2.33. The van der Waals surface area contributed by atoms with Gasteiger partial charge in [-0.05, 0) is 66.6 Å². The lowest BCUT2D eigenvalue weighted by atomic mass is 9.70. The Balaban J connectivity index is 1.51. The Morgan fingerprint density at radius 3 is 2.68 bits per heavy atom. The number of likely N-dealkylation sites (tertiary alicyclic amines) is 1. The molecule has 0 bridgehead atoms. The number of methoxy groups -OCH3 is 1. The van der Waals surface area contributed by atoms with Crippen molar-refractivity contribution in [1.82, 2.24) is 10.4 Å². The number of benzene rings is 2. The quantitative estimate of drug-likeness (QED) is 0.631. The van der Waals surface area contributed by atoms with E-state index in [0.717, 1.165) is 42.7 Å². The van der Waals surface area contributed by atoms with Gasteiger partial charge in [-0.1, -0.05) is 18.2 Å². The van der Waals surface area contributed by atoms with Crippen LogP contribution in [0.2, 0.25) is 0 Å². The van der Waals surface area contributed by atoms with Crippen LogP contribution in [0.15, 0.2) is 42.5 Å². The molecule has 1 fully saturated rings. The summed E-state index contributed by atoms with van der Waals surface area (Å²) in [6.07, 6.45) is 3.15. The summed E-state index contributed by atoms with van der Waals surface area (Å²) >= 11 is 0. The molecule has 2 amide bonds. The molecule has 1 aliphatic heterocycles. The highest BCUT2D eigenvalue weighted by molar-refractivity contribution is 5.93. The van der Waals surface area contributed by atoms with Crippen molar-refractivity contribution in [2.75, 3.05) is 13.7 Å². The molecule has 0 aromatic heterocycles. The minimum absolute atomic E-state index is 0.200. The number of hydrogen-bond donors (Lipinski definition) is 2. The summed E-state index contributed by atoms with van der Waals surface area (Å²) in [5.41, 5.74) is 5.02. The maximum atomic E-state index is 13.3.